The number of anilines is 1. The summed E-state index contributed by atoms with van der Waals surface area (Å²) in [5.74, 6) is -0.156. The molecule has 3 rings (SSSR count). The van der Waals surface area contributed by atoms with Gasteiger partial charge in [0.15, 0.2) is 0 Å². The SMILES string of the molecule is Cc1ccccc1NS(=O)(=O)c1cc(C(=O)NC[C@@H](C)c2ccccc2)ccc1C. The molecule has 2 N–H and O–H groups in total. The van der Waals surface area contributed by atoms with E-state index in [2.05, 4.69) is 10.0 Å². The van der Waals surface area contributed by atoms with E-state index < -0.39 is 10.0 Å². The molecule has 0 bridgehead atoms. The molecule has 5 nitrogen and oxygen atoms in total. The van der Waals surface area contributed by atoms with Crippen molar-refractivity contribution in [1.29, 1.82) is 0 Å². The van der Waals surface area contributed by atoms with E-state index in [1.54, 1.807) is 31.2 Å². The van der Waals surface area contributed by atoms with Crippen molar-refractivity contribution in [2.24, 2.45) is 0 Å². The smallest absolute Gasteiger partial charge is 0.262 e. The van der Waals surface area contributed by atoms with Gasteiger partial charge < -0.3 is 5.32 Å². The molecular weight excluding hydrogens is 396 g/mol. The Hall–Kier alpha value is -3.12. The summed E-state index contributed by atoms with van der Waals surface area (Å²) >= 11 is 0. The number of carbonyl (C=O) groups is 1. The van der Waals surface area contributed by atoms with E-state index in [-0.39, 0.29) is 16.7 Å². The first-order valence-corrected chi connectivity index (χ1v) is 11.3. The molecule has 0 fully saturated rings. The van der Waals surface area contributed by atoms with Crippen LogP contribution in [0.2, 0.25) is 0 Å². The average molecular weight is 423 g/mol. The molecule has 0 aliphatic rings. The largest absolute Gasteiger partial charge is 0.351 e. The quantitative estimate of drug-likeness (QED) is 0.583. The van der Waals surface area contributed by atoms with E-state index in [4.69, 9.17) is 0 Å². The molecule has 1 amide bonds. The van der Waals surface area contributed by atoms with Gasteiger partial charge in [0.05, 0.1) is 10.6 Å². The van der Waals surface area contributed by atoms with Crippen LogP contribution in [-0.4, -0.2) is 20.9 Å². The number of rotatable bonds is 7. The van der Waals surface area contributed by atoms with E-state index >= 15 is 0 Å². The Labute approximate surface area is 178 Å². The summed E-state index contributed by atoms with van der Waals surface area (Å²) < 4.78 is 28.5. The lowest BCUT2D eigenvalue weighted by Gasteiger charge is -2.15. The predicted octanol–water partition coefficient (Wildman–Crippen LogP) is 4.64. The predicted molar refractivity (Wildman–Crippen MR) is 120 cm³/mol. The zero-order chi connectivity index (χ0) is 21.7. The van der Waals surface area contributed by atoms with Crippen molar-refractivity contribution < 1.29 is 13.2 Å². The number of hydrogen-bond acceptors (Lipinski definition) is 3. The highest BCUT2D eigenvalue weighted by Crippen LogP contribution is 2.23. The maximum atomic E-state index is 13.0. The van der Waals surface area contributed by atoms with Gasteiger partial charge in [0.25, 0.3) is 15.9 Å². The second-order valence-electron chi connectivity index (χ2n) is 7.42. The van der Waals surface area contributed by atoms with E-state index in [1.807, 2.05) is 56.3 Å². The molecule has 3 aromatic rings. The minimum atomic E-state index is -3.83. The molecule has 156 valence electrons. The molecular formula is C24H26N2O3S. The fourth-order valence-corrected chi connectivity index (χ4v) is 4.57. The molecule has 0 aliphatic carbocycles. The van der Waals surface area contributed by atoms with Gasteiger partial charge in [-0.15, -0.1) is 0 Å². The molecule has 0 aromatic heterocycles. The molecule has 6 heteroatoms. The summed E-state index contributed by atoms with van der Waals surface area (Å²) in [6.45, 7) is 6.04. The molecule has 0 heterocycles. The third-order valence-electron chi connectivity index (χ3n) is 5.07. The van der Waals surface area contributed by atoms with Gasteiger partial charge in [-0.3, -0.25) is 9.52 Å². The molecule has 0 spiro atoms. The Morgan fingerprint density at radius 3 is 2.27 bits per heavy atom. The lowest BCUT2D eigenvalue weighted by molar-refractivity contribution is 0.0951. The van der Waals surface area contributed by atoms with Gasteiger partial charge in [0.1, 0.15) is 0 Å². The number of aryl methyl sites for hydroxylation is 2. The van der Waals surface area contributed by atoms with Crippen LogP contribution in [0.15, 0.2) is 77.7 Å². The maximum Gasteiger partial charge on any atom is 0.262 e. The van der Waals surface area contributed by atoms with Gasteiger partial charge in [-0.2, -0.15) is 0 Å². The topological polar surface area (TPSA) is 75.3 Å². The van der Waals surface area contributed by atoms with Crippen molar-refractivity contribution in [2.75, 3.05) is 11.3 Å². The Balaban J connectivity index is 1.77. The van der Waals surface area contributed by atoms with Crippen molar-refractivity contribution in [3.63, 3.8) is 0 Å². The molecule has 0 unspecified atom stereocenters. The lowest BCUT2D eigenvalue weighted by Crippen LogP contribution is -2.28. The van der Waals surface area contributed by atoms with E-state index in [1.165, 1.54) is 6.07 Å². The average Bonchev–Trinajstić information content (AvgIpc) is 2.74. The highest BCUT2D eigenvalue weighted by Gasteiger charge is 2.20. The van der Waals surface area contributed by atoms with Crippen LogP contribution in [0.25, 0.3) is 0 Å². The van der Waals surface area contributed by atoms with Crippen LogP contribution in [0.4, 0.5) is 5.69 Å². The van der Waals surface area contributed by atoms with Gasteiger partial charge in [0, 0.05) is 12.1 Å². The third-order valence-corrected chi connectivity index (χ3v) is 6.57. The first-order valence-electron chi connectivity index (χ1n) is 9.80. The Bertz CT molecular complexity index is 1140. The first kappa shape index (κ1) is 21.6. The van der Waals surface area contributed by atoms with Gasteiger partial charge in [0.2, 0.25) is 0 Å². The molecule has 0 saturated heterocycles. The van der Waals surface area contributed by atoms with E-state index in [9.17, 15) is 13.2 Å². The number of amides is 1. The second kappa shape index (κ2) is 9.13. The molecule has 1 atom stereocenters. The summed E-state index contributed by atoms with van der Waals surface area (Å²) in [4.78, 5) is 12.7. The second-order valence-corrected chi connectivity index (χ2v) is 9.07. The van der Waals surface area contributed by atoms with Gasteiger partial charge in [-0.25, -0.2) is 8.42 Å². The summed E-state index contributed by atoms with van der Waals surface area (Å²) in [5, 5.41) is 2.90. The molecule has 0 radical (unpaired) electrons. The maximum absolute atomic E-state index is 13.0. The Morgan fingerprint density at radius 1 is 0.900 bits per heavy atom. The van der Waals surface area contributed by atoms with Gasteiger partial charge in [-0.05, 0) is 54.7 Å². The Morgan fingerprint density at radius 2 is 1.57 bits per heavy atom. The third kappa shape index (κ3) is 5.07. The lowest BCUT2D eigenvalue weighted by atomic mass is 10.0. The number of carbonyl (C=O) groups excluding carboxylic acids is 1. The van der Waals surface area contributed by atoms with Crippen LogP contribution in [0.3, 0.4) is 0 Å². The number of sulfonamides is 1. The zero-order valence-electron chi connectivity index (χ0n) is 17.3. The highest BCUT2D eigenvalue weighted by molar-refractivity contribution is 7.92. The van der Waals surface area contributed by atoms with Gasteiger partial charge in [-0.1, -0.05) is 61.5 Å². The molecule has 0 aliphatic heterocycles. The number of benzene rings is 3. The zero-order valence-corrected chi connectivity index (χ0v) is 18.2. The van der Waals surface area contributed by atoms with Crippen LogP contribution < -0.4 is 10.0 Å². The number of nitrogens with one attached hydrogen (secondary N) is 2. The minimum absolute atomic E-state index is 0.0921. The molecule has 30 heavy (non-hydrogen) atoms. The van der Waals surface area contributed by atoms with Crippen LogP contribution in [0.1, 0.15) is 39.9 Å². The first-order chi connectivity index (χ1) is 14.3. The number of para-hydroxylation sites is 1. The fraction of sp³-hybridized carbons (Fsp3) is 0.208. The fourth-order valence-electron chi connectivity index (χ4n) is 3.17. The van der Waals surface area contributed by atoms with Crippen LogP contribution in [-0.2, 0) is 10.0 Å². The minimum Gasteiger partial charge on any atom is -0.351 e. The monoisotopic (exact) mass is 422 g/mol. The Kier molecular flexibility index (Phi) is 6.57. The van der Waals surface area contributed by atoms with Crippen LogP contribution >= 0.6 is 0 Å². The normalized spacial score (nSPS) is 12.2. The number of hydrogen-bond donors (Lipinski definition) is 2. The van der Waals surface area contributed by atoms with Gasteiger partial charge >= 0.3 is 0 Å². The van der Waals surface area contributed by atoms with E-state index in [0.717, 1.165) is 11.1 Å². The standard InChI is InChI=1S/C24H26N2O3S/c1-17-9-7-8-12-22(17)26-30(28,29)23-15-21(14-13-18(23)2)24(27)25-16-19(3)20-10-5-4-6-11-20/h4-15,19,26H,16H2,1-3H3,(H,25,27)/t19-/m1/s1. The summed E-state index contributed by atoms with van der Waals surface area (Å²) in [6, 6.07) is 21.8. The summed E-state index contributed by atoms with van der Waals surface area (Å²) in [6.07, 6.45) is 0. The van der Waals surface area contributed by atoms with Crippen molar-refractivity contribution in [3.05, 3.63) is 95.1 Å². The summed E-state index contributed by atoms with van der Waals surface area (Å²) in [5.41, 5.74) is 3.36. The highest BCUT2D eigenvalue weighted by atomic mass is 32.2. The van der Waals surface area contributed by atoms with Crippen LogP contribution in [0, 0.1) is 13.8 Å². The molecule has 0 saturated carbocycles. The summed E-state index contributed by atoms with van der Waals surface area (Å²) in [7, 11) is -3.83. The van der Waals surface area contributed by atoms with Crippen LogP contribution in [0.5, 0.6) is 0 Å². The van der Waals surface area contributed by atoms with Crippen molar-refractivity contribution >= 4 is 21.6 Å². The molecule has 3 aromatic carbocycles. The van der Waals surface area contributed by atoms with Crippen molar-refractivity contribution in [3.8, 4) is 0 Å². The van der Waals surface area contributed by atoms with Crippen molar-refractivity contribution in [2.45, 2.75) is 31.6 Å². The van der Waals surface area contributed by atoms with Crippen molar-refractivity contribution in [1.82, 2.24) is 5.32 Å². The van der Waals surface area contributed by atoms with E-state index in [0.29, 0.717) is 23.4 Å².